The van der Waals surface area contributed by atoms with E-state index in [1.807, 2.05) is 37.3 Å². The Morgan fingerprint density at radius 1 is 1.15 bits per heavy atom. The zero-order valence-electron chi connectivity index (χ0n) is 14.6. The van der Waals surface area contributed by atoms with E-state index in [-0.39, 0.29) is 18.6 Å². The average molecular weight is 351 g/mol. The molecule has 3 aromatic rings. The second kappa shape index (κ2) is 8.80. The molecule has 26 heavy (non-hydrogen) atoms. The van der Waals surface area contributed by atoms with Crippen LogP contribution in [-0.2, 0) is 11.2 Å². The number of nitrogens with one attached hydrogen (secondary N) is 1. The van der Waals surface area contributed by atoms with Gasteiger partial charge in [0.25, 0.3) is 5.91 Å². The maximum atomic E-state index is 12.0. The Kier molecular flexibility index (Phi) is 5.98. The van der Waals surface area contributed by atoms with E-state index >= 15 is 0 Å². The van der Waals surface area contributed by atoms with Crippen molar-refractivity contribution in [1.29, 1.82) is 0 Å². The highest BCUT2D eigenvalue weighted by Crippen LogP contribution is 2.20. The second-order valence-corrected chi connectivity index (χ2v) is 6.05. The summed E-state index contributed by atoms with van der Waals surface area (Å²) in [6, 6.07) is 17.5. The van der Waals surface area contributed by atoms with Crippen LogP contribution in [0.1, 0.15) is 18.9 Å². The number of carbonyl (C=O) groups is 1. The van der Waals surface area contributed by atoms with Crippen molar-refractivity contribution in [3.05, 3.63) is 66.6 Å². The lowest BCUT2D eigenvalue weighted by Crippen LogP contribution is -2.36. The van der Waals surface area contributed by atoms with Crippen LogP contribution in [0.25, 0.3) is 11.5 Å². The zero-order valence-corrected chi connectivity index (χ0v) is 14.6. The lowest BCUT2D eigenvalue weighted by Gasteiger charge is -2.14. The third-order valence-electron chi connectivity index (χ3n) is 3.95. The first kappa shape index (κ1) is 17.7. The van der Waals surface area contributed by atoms with E-state index in [1.54, 1.807) is 12.1 Å². The summed E-state index contributed by atoms with van der Waals surface area (Å²) in [5, 5.41) is 10.4. The molecule has 3 rings (SSSR count). The van der Waals surface area contributed by atoms with Crippen molar-refractivity contribution in [2.24, 2.45) is 0 Å². The first-order valence-corrected chi connectivity index (χ1v) is 8.53. The van der Waals surface area contributed by atoms with E-state index in [4.69, 9.17) is 9.15 Å². The monoisotopic (exact) mass is 351 g/mol. The summed E-state index contributed by atoms with van der Waals surface area (Å²) in [7, 11) is 0. The van der Waals surface area contributed by atoms with E-state index in [9.17, 15) is 4.79 Å². The number of benzene rings is 2. The van der Waals surface area contributed by atoms with Gasteiger partial charge in [-0.3, -0.25) is 4.79 Å². The summed E-state index contributed by atoms with van der Waals surface area (Å²) in [6.45, 7) is 1.98. The molecule has 2 aromatic carbocycles. The molecule has 6 nitrogen and oxygen atoms in total. The summed E-state index contributed by atoms with van der Waals surface area (Å²) in [5.41, 5.74) is 2.07. The van der Waals surface area contributed by atoms with Gasteiger partial charge < -0.3 is 14.5 Å². The lowest BCUT2D eigenvalue weighted by atomic mass is 10.1. The number of amides is 1. The van der Waals surface area contributed by atoms with E-state index in [0.717, 1.165) is 18.4 Å². The van der Waals surface area contributed by atoms with Crippen molar-refractivity contribution in [3.63, 3.8) is 0 Å². The fraction of sp³-hybridized carbons (Fsp3) is 0.250. The van der Waals surface area contributed by atoms with Gasteiger partial charge in [-0.2, -0.15) is 0 Å². The van der Waals surface area contributed by atoms with Gasteiger partial charge in [0, 0.05) is 11.6 Å². The largest absolute Gasteiger partial charge is 0.484 e. The maximum Gasteiger partial charge on any atom is 0.258 e. The van der Waals surface area contributed by atoms with E-state index in [1.165, 1.54) is 12.0 Å². The summed E-state index contributed by atoms with van der Waals surface area (Å²) in [6.07, 6.45) is 3.10. The molecule has 6 heteroatoms. The molecule has 1 N–H and O–H groups in total. The van der Waals surface area contributed by atoms with Crippen LogP contribution in [-0.4, -0.2) is 28.8 Å². The first-order chi connectivity index (χ1) is 12.7. The highest BCUT2D eigenvalue weighted by atomic mass is 16.5. The first-order valence-electron chi connectivity index (χ1n) is 8.53. The molecule has 1 atom stereocenters. The van der Waals surface area contributed by atoms with Gasteiger partial charge >= 0.3 is 0 Å². The predicted molar refractivity (Wildman–Crippen MR) is 97.6 cm³/mol. The van der Waals surface area contributed by atoms with Gasteiger partial charge in [0.05, 0.1) is 0 Å². The van der Waals surface area contributed by atoms with Crippen LogP contribution in [0.15, 0.2) is 65.4 Å². The van der Waals surface area contributed by atoms with Gasteiger partial charge in [-0.1, -0.05) is 30.3 Å². The lowest BCUT2D eigenvalue weighted by molar-refractivity contribution is -0.123. The minimum Gasteiger partial charge on any atom is -0.484 e. The molecular weight excluding hydrogens is 330 g/mol. The molecule has 0 fully saturated rings. The van der Waals surface area contributed by atoms with Crippen molar-refractivity contribution in [3.8, 4) is 17.2 Å². The molecule has 0 spiro atoms. The van der Waals surface area contributed by atoms with Crippen LogP contribution >= 0.6 is 0 Å². The molecule has 0 saturated carbocycles. The third-order valence-corrected chi connectivity index (χ3v) is 3.95. The van der Waals surface area contributed by atoms with Crippen LogP contribution in [0, 0.1) is 0 Å². The third kappa shape index (κ3) is 5.17. The highest BCUT2D eigenvalue weighted by molar-refractivity contribution is 5.77. The fourth-order valence-electron chi connectivity index (χ4n) is 2.56. The Morgan fingerprint density at radius 2 is 1.92 bits per heavy atom. The topological polar surface area (TPSA) is 77.2 Å². The molecular formula is C20H21N3O3. The fourth-order valence-corrected chi connectivity index (χ4v) is 2.56. The molecule has 0 bridgehead atoms. The Morgan fingerprint density at radius 3 is 2.62 bits per heavy atom. The number of hydrogen-bond donors (Lipinski definition) is 1. The van der Waals surface area contributed by atoms with Crippen molar-refractivity contribution < 1.29 is 13.9 Å². The molecule has 0 radical (unpaired) electrons. The van der Waals surface area contributed by atoms with Gasteiger partial charge in [-0.05, 0) is 49.6 Å². The minimum absolute atomic E-state index is 0.0183. The molecule has 134 valence electrons. The number of hydrogen-bond acceptors (Lipinski definition) is 5. The van der Waals surface area contributed by atoms with Gasteiger partial charge in [-0.25, -0.2) is 0 Å². The molecule has 0 saturated heterocycles. The van der Waals surface area contributed by atoms with Gasteiger partial charge in [0.2, 0.25) is 12.3 Å². The second-order valence-electron chi connectivity index (χ2n) is 6.05. The minimum atomic E-state index is -0.133. The van der Waals surface area contributed by atoms with Gasteiger partial charge in [-0.15, -0.1) is 10.2 Å². The average Bonchev–Trinajstić information content (AvgIpc) is 3.21. The maximum absolute atomic E-state index is 12.0. The van der Waals surface area contributed by atoms with Crippen molar-refractivity contribution in [2.75, 3.05) is 6.61 Å². The van der Waals surface area contributed by atoms with E-state index in [2.05, 4.69) is 27.6 Å². The Bertz CT molecular complexity index is 802. The zero-order chi connectivity index (χ0) is 18.2. The highest BCUT2D eigenvalue weighted by Gasteiger charge is 2.09. The summed E-state index contributed by atoms with van der Waals surface area (Å²) >= 11 is 0. The van der Waals surface area contributed by atoms with Crippen LogP contribution in [0.3, 0.4) is 0 Å². The van der Waals surface area contributed by atoms with Gasteiger partial charge in [0.15, 0.2) is 6.61 Å². The van der Waals surface area contributed by atoms with Crippen LogP contribution in [0.4, 0.5) is 0 Å². The number of aryl methyl sites for hydroxylation is 1. The van der Waals surface area contributed by atoms with Crippen molar-refractivity contribution in [2.45, 2.75) is 25.8 Å². The van der Waals surface area contributed by atoms with Crippen LogP contribution in [0.2, 0.25) is 0 Å². The quantitative estimate of drug-likeness (QED) is 0.674. The molecule has 0 unspecified atom stereocenters. The van der Waals surface area contributed by atoms with Crippen LogP contribution in [0.5, 0.6) is 5.75 Å². The summed E-state index contributed by atoms with van der Waals surface area (Å²) in [5.74, 6) is 0.924. The number of nitrogens with zero attached hydrogens (tertiary/aromatic N) is 2. The van der Waals surface area contributed by atoms with Crippen molar-refractivity contribution in [1.82, 2.24) is 15.5 Å². The molecule has 1 heterocycles. The molecule has 1 amide bonds. The number of rotatable bonds is 8. The molecule has 0 aliphatic rings. The Balaban J connectivity index is 1.40. The van der Waals surface area contributed by atoms with Crippen LogP contribution < -0.4 is 10.1 Å². The number of aromatic nitrogens is 2. The molecule has 0 aliphatic carbocycles. The number of carbonyl (C=O) groups excluding carboxylic acids is 1. The standard InChI is InChI=1S/C20H21N3O3/c1-15(7-8-16-5-3-2-4-6-16)22-19(24)13-25-18-11-9-17(10-12-18)20-23-21-14-26-20/h2-6,9-12,14-15H,7-8,13H2,1H3,(H,22,24)/t15-/m1/s1. The van der Waals surface area contributed by atoms with Crippen molar-refractivity contribution >= 4 is 5.91 Å². The predicted octanol–water partition coefficient (Wildman–Crippen LogP) is 3.25. The SMILES string of the molecule is C[C@H](CCc1ccccc1)NC(=O)COc1ccc(-c2nnco2)cc1. The smallest absolute Gasteiger partial charge is 0.258 e. The summed E-state index contributed by atoms with van der Waals surface area (Å²) < 4.78 is 10.7. The molecule has 1 aromatic heterocycles. The summed E-state index contributed by atoms with van der Waals surface area (Å²) in [4.78, 5) is 12.0. The van der Waals surface area contributed by atoms with Gasteiger partial charge in [0.1, 0.15) is 5.75 Å². The Hall–Kier alpha value is -3.15. The normalized spacial score (nSPS) is 11.7. The molecule has 0 aliphatic heterocycles. The Labute approximate surface area is 152 Å². The van der Waals surface area contributed by atoms with E-state index < -0.39 is 0 Å². The van der Waals surface area contributed by atoms with E-state index in [0.29, 0.717) is 11.6 Å². The number of ether oxygens (including phenoxy) is 1.